The molecule has 5 rings (SSSR count). The van der Waals surface area contributed by atoms with Crippen LogP contribution >= 0.6 is 0 Å². The second-order valence-corrected chi connectivity index (χ2v) is 9.47. The van der Waals surface area contributed by atoms with Crippen LogP contribution in [0.2, 0.25) is 0 Å². The number of carbonyl (C=O) groups is 1. The molecule has 1 N–H and O–H groups in total. The molecule has 5 nitrogen and oxygen atoms in total. The normalized spacial score (nSPS) is 19.7. The number of esters is 1. The summed E-state index contributed by atoms with van der Waals surface area (Å²) in [5.41, 5.74) is 2.44. The number of hydrogen-bond acceptors (Lipinski definition) is 5. The summed E-state index contributed by atoms with van der Waals surface area (Å²) in [5, 5.41) is 12.1. The zero-order chi connectivity index (χ0) is 25.0. The Morgan fingerprint density at radius 1 is 1.00 bits per heavy atom. The second-order valence-electron chi connectivity index (χ2n) is 9.47. The third kappa shape index (κ3) is 4.98. The maximum Gasteiger partial charge on any atom is 0.310 e. The fraction of sp³-hybridized carbons (Fsp3) is 0.290. The van der Waals surface area contributed by atoms with Crippen molar-refractivity contribution in [3.05, 3.63) is 96.4 Å². The molecular formula is C31H31NO4. The summed E-state index contributed by atoms with van der Waals surface area (Å²) < 4.78 is 11.8. The van der Waals surface area contributed by atoms with E-state index >= 15 is 0 Å². The molecule has 0 aliphatic heterocycles. The topological polar surface area (TPSA) is 72.6 Å². The summed E-state index contributed by atoms with van der Waals surface area (Å²) in [6.07, 6.45) is 4.35. The van der Waals surface area contributed by atoms with Gasteiger partial charge in [-0.15, -0.1) is 0 Å². The predicted molar refractivity (Wildman–Crippen MR) is 139 cm³/mol. The van der Waals surface area contributed by atoms with Gasteiger partial charge in [-0.2, -0.15) is 0 Å². The summed E-state index contributed by atoms with van der Waals surface area (Å²) in [5.74, 6) is 1.24. The molecule has 5 heteroatoms. The molecule has 0 radical (unpaired) electrons. The molecule has 2 unspecified atom stereocenters. The van der Waals surface area contributed by atoms with E-state index in [2.05, 4.69) is 0 Å². The van der Waals surface area contributed by atoms with Crippen LogP contribution in [0.5, 0.6) is 5.75 Å². The average molecular weight is 482 g/mol. The molecule has 1 aliphatic rings. The molecule has 1 aliphatic carbocycles. The lowest BCUT2D eigenvalue weighted by molar-refractivity contribution is -0.134. The van der Waals surface area contributed by atoms with Gasteiger partial charge in [0.15, 0.2) is 5.76 Å². The Kier molecular flexibility index (Phi) is 7.01. The van der Waals surface area contributed by atoms with Crippen LogP contribution in [0.1, 0.15) is 50.5 Å². The number of nitrogens with zero attached hydrogens (tertiary/aromatic N) is 1. The minimum absolute atomic E-state index is 0.0747. The molecule has 0 spiro atoms. The number of aliphatic hydroxyl groups is 1. The van der Waals surface area contributed by atoms with E-state index in [0.29, 0.717) is 36.7 Å². The molecular weight excluding hydrogens is 450 g/mol. The highest BCUT2D eigenvalue weighted by atomic mass is 16.5. The van der Waals surface area contributed by atoms with E-state index in [-0.39, 0.29) is 11.9 Å². The molecule has 3 aromatic carbocycles. The second kappa shape index (κ2) is 10.5. The van der Waals surface area contributed by atoms with Gasteiger partial charge >= 0.3 is 5.97 Å². The fourth-order valence-electron chi connectivity index (χ4n) is 5.09. The summed E-state index contributed by atoms with van der Waals surface area (Å²) in [6, 6.07) is 27.5. The van der Waals surface area contributed by atoms with Gasteiger partial charge in [0.2, 0.25) is 5.89 Å². The summed E-state index contributed by atoms with van der Waals surface area (Å²) >= 11 is 0. The van der Waals surface area contributed by atoms with Gasteiger partial charge in [0.25, 0.3) is 0 Å². The summed E-state index contributed by atoms with van der Waals surface area (Å²) in [7, 11) is 0. The number of aromatic nitrogens is 1. The van der Waals surface area contributed by atoms with Gasteiger partial charge in [0.05, 0.1) is 0 Å². The van der Waals surface area contributed by atoms with Gasteiger partial charge in [0, 0.05) is 23.5 Å². The van der Waals surface area contributed by atoms with Crippen molar-refractivity contribution in [3.8, 4) is 28.3 Å². The van der Waals surface area contributed by atoms with Gasteiger partial charge < -0.3 is 14.3 Å². The summed E-state index contributed by atoms with van der Waals surface area (Å²) in [6.45, 7) is 1.78. The van der Waals surface area contributed by atoms with Crippen molar-refractivity contribution in [1.29, 1.82) is 0 Å². The Morgan fingerprint density at radius 3 is 2.44 bits per heavy atom. The van der Waals surface area contributed by atoms with Crippen LogP contribution in [0.15, 0.2) is 89.3 Å². The first-order valence-corrected chi connectivity index (χ1v) is 12.7. The van der Waals surface area contributed by atoms with Crippen LogP contribution < -0.4 is 4.74 Å². The van der Waals surface area contributed by atoms with Gasteiger partial charge in [-0.05, 0) is 37.0 Å². The van der Waals surface area contributed by atoms with Crippen molar-refractivity contribution in [3.63, 3.8) is 0 Å². The summed E-state index contributed by atoms with van der Waals surface area (Å²) in [4.78, 5) is 16.7. The molecule has 0 saturated heterocycles. The molecule has 184 valence electrons. The maximum atomic E-state index is 12.1. The van der Waals surface area contributed by atoms with Crippen molar-refractivity contribution in [2.45, 2.75) is 51.0 Å². The molecule has 0 amide bonds. The van der Waals surface area contributed by atoms with Crippen LogP contribution in [0.4, 0.5) is 0 Å². The first-order valence-electron chi connectivity index (χ1n) is 12.7. The van der Waals surface area contributed by atoms with E-state index in [9.17, 15) is 9.90 Å². The van der Waals surface area contributed by atoms with E-state index in [4.69, 9.17) is 14.1 Å². The molecule has 2 atom stereocenters. The average Bonchev–Trinajstić information content (AvgIpc) is 3.38. The highest BCUT2D eigenvalue weighted by Crippen LogP contribution is 2.46. The van der Waals surface area contributed by atoms with Crippen LogP contribution in [-0.2, 0) is 16.8 Å². The maximum absolute atomic E-state index is 12.1. The van der Waals surface area contributed by atoms with E-state index in [1.54, 1.807) is 13.0 Å². The third-order valence-corrected chi connectivity index (χ3v) is 7.02. The lowest BCUT2D eigenvalue weighted by Gasteiger charge is -2.37. The largest absolute Gasteiger partial charge is 0.437 e. The monoisotopic (exact) mass is 481 g/mol. The first-order chi connectivity index (χ1) is 17.6. The van der Waals surface area contributed by atoms with Gasteiger partial charge in [0.1, 0.15) is 17.0 Å². The number of hydrogen-bond donors (Lipinski definition) is 1. The van der Waals surface area contributed by atoms with Crippen LogP contribution in [-0.4, -0.2) is 16.1 Å². The fourth-order valence-corrected chi connectivity index (χ4v) is 5.09. The number of oxazole rings is 1. The van der Waals surface area contributed by atoms with Crippen LogP contribution in [0.25, 0.3) is 22.6 Å². The Balaban J connectivity index is 1.51. The molecule has 1 fully saturated rings. The number of benzene rings is 3. The molecule has 36 heavy (non-hydrogen) atoms. The number of ether oxygens (including phenoxy) is 1. The van der Waals surface area contributed by atoms with E-state index in [1.807, 2.05) is 78.9 Å². The minimum atomic E-state index is -1.19. The van der Waals surface area contributed by atoms with Crippen molar-refractivity contribution in [2.75, 3.05) is 0 Å². The molecule has 0 bridgehead atoms. The molecule has 1 heterocycles. The Morgan fingerprint density at radius 2 is 1.72 bits per heavy atom. The number of carbonyl (C=O) groups excluding carboxylic acids is 1. The van der Waals surface area contributed by atoms with Crippen molar-refractivity contribution < 1.29 is 19.1 Å². The first kappa shape index (κ1) is 24.0. The molecule has 1 aromatic heterocycles. The molecule has 4 aromatic rings. The standard InChI is InChI=1S/C31H31NO4/c1-2-27(33)35-26-18-11-12-22(21-26)20-25-17-9-10-19-31(25,34)30-32-28(23-13-5-3-6-14-23)29(36-30)24-15-7-4-8-16-24/h3-8,11-16,18,21,25,34H,2,9-10,17,19-20H2,1H3. The SMILES string of the molecule is CCC(=O)Oc1cccc(CC2CCCCC2(O)c2nc(-c3ccccc3)c(-c3ccccc3)o2)c1. The lowest BCUT2D eigenvalue weighted by atomic mass is 9.72. The predicted octanol–water partition coefficient (Wildman–Crippen LogP) is 6.94. The number of rotatable bonds is 7. The van der Waals surface area contributed by atoms with E-state index in [0.717, 1.165) is 41.6 Å². The minimum Gasteiger partial charge on any atom is -0.437 e. The quantitative estimate of drug-likeness (QED) is 0.229. The smallest absolute Gasteiger partial charge is 0.310 e. The van der Waals surface area contributed by atoms with Gasteiger partial charge in [-0.25, -0.2) is 4.98 Å². The van der Waals surface area contributed by atoms with Crippen molar-refractivity contribution in [2.24, 2.45) is 5.92 Å². The highest BCUT2D eigenvalue weighted by Gasteiger charge is 2.45. The van der Waals surface area contributed by atoms with Crippen molar-refractivity contribution in [1.82, 2.24) is 4.98 Å². The molecule has 1 saturated carbocycles. The van der Waals surface area contributed by atoms with Gasteiger partial charge in [-0.3, -0.25) is 4.79 Å². The van der Waals surface area contributed by atoms with Gasteiger partial charge in [-0.1, -0.05) is 92.6 Å². The zero-order valence-electron chi connectivity index (χ0n) is 20.5. The zero-order valence-corrected chi connectivity index (χ0v) is 20.5. The van der Waals surface area contributed by atoms with Crippen molar-refractivity contribution >= 4 is 5.97 Å². The van der Waals surface area contributed by atoms with Crippen LogP contribution in [0.3, 0.4) is 0 Å². The Labute approximate surface area is 211 Å². The van der Waals surface area contributed by atoms with E-state index in [1.165, 1.54) is 0 Å². The highest BCUT2D eigenvalue weighted by molar-refractivity contribution is 5.77. The third-order valence-electron chi connectivity index (χ3n) is 7.02. The van der Waals surface area contributed by atoms with Crippen LogP contribution in [0, 0.1) is 5.92 Å². The lowest BCUT2D eigenvalue weighted by Crippen LogP contribution is -2.39. The van der Waals surface area contributed by atoms with E-state index < -0.39 is 5.60 Å². The Hall–Kier alpha value is -3.70. The Bertz CT molecular complexity index is 1260.